The van der Waals surface area contributed by atoms with Gasteiger partial charge in [-0.3, -0.25) is 0 Å². The van der Waals surface area contributed by atoms with E-state index in [9.17, 15) is 4.79 Å². The molecule has 0 saturated carbocycles. The number of hydrogen-bond acceptors (Lipinski definition) is 2. The Balaban J connectivity index is 3.16. The molecule has 1 rings (SSSR count). The molecule has 1 heterocycles. The third kappa shape index (κ3) is 2.92. The fourth-order valence-corrected chi connectivity index (χ4v) is 1.21. The molecule has 3 nitrogen and oxygen atoms in total. The van der Waals surface area contributed by atoms with Gasteiger partial charge in [-0.1, -0.05) is 30.9 Å². The van der Waals surface area contributed by atoms with E-state index in [-0.39, 0.29) is 5.69 Å². The Kier molecular flexibility index (Phi) is 4.21. The summed E-state index contributed by atoms with van der Waals surface area (Å²) in [6, 6.07) is 3.28. The molecule has 0 unspecified atom stereocenters. The van der Waals surface area contributed by atoms with Gasteiger partial charge in [-0.2, -0.15) is 0 Å². The van der Waals surface area contributed by atoms with Crippen LogP contribution in [0.1, 0.15) is 23.0 Å². The quantitative estimate of drug-likeness (QED) is 0.785. The van der Waals surface area contributed by atoms with Gasteiger partial charge in [-0.05, 0) is 30.2 Å². The van der Waals surface area contributed by atoms with Crippen molar-refractivity contribution in [3.05, 3.63) is 60.5 Å². The molecule has 1 aromatic heterocycles. The van der Waals surface area contributed by atoms with Crippen molar-refractivity contribution in [2.45, 2.75) is 6.92 Å². The van der Waals surface area contributed by atoms with Gasteiger partial charge < -0.3 is 5.11 Å². The fraction of sp³-hybridized carbons (Fsp3) is 0.0769. The molecule has 1 N–H and O–H groups in total. The number of carbonyl (C=O) groups is 1. The molecule has 82 valence electrons. The number of nitrogens with zero attached hydrogens (tertiary/aromatic N) is 1. The molecule has 0 spiro atoms. The lowest BCUT2D eigenvalue weighted by Crippen LogP contribution is -2.00. The van der Waals surface area contributed by atoms with Crippen LogP contribution in [0.3, 0.4) is 0 Å². The average Bonchev–Trinajstić information content (AvgIpc) is 2.30. The van der Waals surface area contributed by atoms with Gasteiger partial charge in [-0.15, -0.1) is 0 Å². The normalized spacial score (nSPS) is 11.7. The van der Waals surface area contributed by atoms with Crippen molar-refractivity contribution in [2.75, 3.05) is 0 Å². The summed E-state index contributed by atoms with van der Waals surface area (Å²) in [5.74, 6) is -1.03. The highest BCUT2D eigenvalue weighted by Gasteiger charge is 2.05. The maximum absolute atomic E-state index is 10.8. The molecular formula is C13H13NO2. The van der Waals surface area contributed by atoms with Crippen molar-refractivity contribution in [3.8, 4) is 0 Å². The molecule has 0 atom stereocenters. The molecule has 0 amide bonds. The Morgan fingerprint density at radius 1 is 1.56 bits per heavy atom. The third-order valence-electron chi connectivity index (χ3n) is 2.00. The second-order valence-electron chi connectivity index (χ2n) is 3.09. The number of rotatable bonds is 4. The number of hydrogen-bond donors (Lipinski definition) is 1. The minimum absolute atomic E-state index is 0.0331. The van der Waals surface area contributed by atoms with Crippen LogP contribution in [0.4, 0.5) is 0 Å². The van der Waals surface area contributed by atoms with Crippen molar-refractivity contribution < 1.29 is 9.90 Å². The molecule has 0 saturated heterocycles. The van der Waals surface area contributed by atoms with Crippen LogP contribution in [-0.2, 0) is 0 Å². The lowest BCUT2D eigenvalue weighted by atomic mass is 10.1. The summed E-state index contributed by atoms with van der Waals surface area (Å²) in [7, 11) is 0. The molecule has 0 aliphatic rings. The van der Waals surface area contributed by atoms with Gasteiger partial charge in [0.15, 0.2) is 0 Å². The van der Waals surface area contributed by atoms with Crippen LogP contribution < -0.4 is 0 Å². The van der Waals surface area contributed by atoms with Crippen LogP contribution >= 0.6 is 0 Å². The molecule has 0 fully saturated rings. The molecule has 0 aliphatic carbocycles. The lowest BCUT2D eigenvalue weighted by molar-refractivity contribution is 0.0690. The van der Waals surface area contributed by atoms with Crippen LogP contribution in [0.25, 0.3) is 5.57 Å². The maximum atomic E-state index is 10.8. The van der Waals surface area contributed by atoms with E-state index < -0.39 is 5.97 Å². The average molecular weight is 215 g/mol. The Hall–Kier alpha value is -2.16. The van der Waals surface area contributed by atoms with E-state index in [0.29, 0.717) is 0 Å². The van der Waals surface area contributed by atoms with Crippen LogP contribution in [0.2, 0.25) is 0 Å². The third-order valence-corrected chi connectivity index (χ3v) is 2.00. The molecule has 3 heteroatoms. The highest BCUT2D eigenvalue weighted by atomic mass is 16.4. The largest absolute Gasteiger partial charge is 0.477 e. The Labute approximate surface area is 94.5 Å². The Morgan fingerprint density at radius 3 is 2.88 bits per heavy atom. The second-order valence-corrected chi connectivity index (χ2v) is 3.09. The zero-order valence-corrected chi connectivity index (χ0v) is 9.05. The van der Waals surface area contributed by atoms with Gasteiger partial charge in [0.1, 0.15) is 5.69 Å². The Bertz CT molecular complexity index is 459. The first kappa shape index (κ1) is 11.9. The molecule has 0 aliphatic heterocycles. The summed E-state index contributed by atoms with van der Waals surface area (Å²) in [6.07, 6.45) is 8.79. The number of allylic oxidation sites excluding steroid dienone is 5. The van der Waals surface area contributed by atoms with E-state index in [1.165, 1.54) is 12.3 Å². The predicted molar refractivity (Wildman–Crippen MR) is 64.2 cm³/mol. The van der Waals surface area contributed by atoms with Crippen LogP contribution in [0, 0.1) is 0 Å². The van der Waals surface area contributed by atoms with Crippen molar-refractivity contribution in [1.29, 1.82) is 0 Å². The monoisotopic (exact) mass is 215 g/mol. The first-order chi connectivity index (χ1) is 7.69. The van der Waals surface area contributed by atoms with Crippen molar-refractivity contribution in [3.63, 3.8) is 0 Å². The predicted octanol–water partition coefficient (Wildman–Crippen LogP) is 2.93. The van der Waals surface area contributed by atoms with Crippen molar-refractivity contribution in [1.82, 2.24) is 4.98 Å². The van der Waals surface area contributed by atoms with E-state index in [1.807, 2.05) is 25.2 Å². The van der Waals surface area contributed by atoms with Crippen LogP contribution in [-0.4, -0.2) is 16.1 Å². The SMILES string of the molecule is C=C/C(=C\C=C/C)c1ccnc(C(=O)O)c1. The molecular weight excluding hydrogens is 202 g/mol. The minimum Gasteiger partial charge on any atom is -0.477 e. The Morgan fingerprint density at radius 2 is 2.31 bits per heavy atom. The number of aromatic nitrogens is 1. The van der Waals surface area contributed by atoms with Gasteiger partial charge in [0.2, 0.25) is 0 Å². The second kappa shape index (κ2) is 5.66. The van der Waals surface area contributed by atoms with Gasteiger partial charge in [0.05, 0.1) is 0 Å². The molecule has 16 heavy (non-hydrogen) atoms. The van der Waals surface area contributed by atoms with Crippen molar-refractivity contribution >= 4 is 11.5 Å². The smallest absolute Gasteiger partial charge is 0.354 e. The lowest BCUT2D eigenvalue weighted by Gasteiger charge is -2.02. The first-order valence-electron chi connectivity index (χ1n) is 4.84. The van der Waals surface area contributed by atoms with Crippen LogP contribution in [0.15, 0.2) is 49.2 Å². The van der Waals surface area contributed by atoms with E-state index in [2.05, 4.69) is 11.6 Å². The molecule has 0 radical (unpaired) electrons. The summed E-state index contributed by atoms with van der Waals surface area (Å²) in [4.78, 5) is 14.5. The van der Waals surface area contributed by atoms with E-state index >= 15 is 0 Å². The molecule has 1 aromatic rings. The number of carboxylic acid groups (broad SMARTS) is 1. The highest BCUT2D eigenvalue weighted by molar-refractivity contribution is 5.87. The van der Waals surface area contributed by atoms with E-state index in [1.54, 1.807) is 12.1 Å². The van der Waals surface area contributed by atoms with Crippen molar-refractivity contribution in [2.24, 2.45) is 0 Å². The van der Waals surface area contributed by atoms with Gasteiger partial charge in [0, 0.05) is 6.20 Å². The molecule has 0 aromatic carbocycles. The first-order valence-corrected chi connectivity index (χ1v) is 4.84. The van der Waals surface area contributed by atoms with E-state index in [4.69, 9.17) is 5.11 Å². The summed E-state index contributed by atoms with van der Waals surface area (Å²) in [6.45, 7) is 5.60. The van der Waals surface area contributed by atoms with Gasteiger partial charge >= 0.3 is 5.97 Å². The minimum atomic E-state index is -1.03. The fourth-order valence-electron chi connectivity index (χ4n) is 1.21. The highest BCUT2D eigenvalue weighted by Crippen LogP contribution is 2.15. The zero-order chi connectivity index (χ0) is 12.0. The summed E-state index contributed by atoms with van der Waals surface area (Å²) < 4.78 is 0. The summed E-state index contributed by atoms with van der Waals surface area (Å²) in [5, 5.41) is 8.82. The van der Waals surface area contributed by atoms with Gasteiger partial charge in [-0.25, -0.2) is 9.78 Å². The van der Waals surface area contributed by atoms with Crippen LogP contribution in [0.5, 0.6) is 0 Å². The van der Waals surface area contributed by atoms with Gasteiger partial charge in [0.25, 0.3) is 0 Å². The number of aromatic carboxylic acids is 1. The standard InChI is InChI=1S/C13H13NO2/c1-3-5-6-10(4-2)11-7-8-14-12(9-11)13(15)16/h3-9H,2H2,1H3,(H,15,16)/b5-3-,10-6+. The number of carboxylic acids is 1. The molecule has 0 bridgehead atoms. The maximum Gasteiger partial charge on any atom is 0.354 e. The zero-order valence-electron chi connectivity index (χ0n) is 9.05. The number of pyridine rings is 1. The summed E-state index contributed by atoms with van der Waals surface area (Å²) >= 11 is 0. The topological polar surface area (TPSA) is 50.2 Å². The van der Waals surface area contributed by atoms with E-state index in [0.717, 1.165) is 11.1 Å². The summed E-state index contributed by atoms with van der Waals surface area (Å²) in [5.41, 5.74) is 1.69.